The zero-order valence-electron chi connectivity index (χ0n) is 14.1. The maximum Gasteiger partial charge on any atom is 0.255 e. The van der Waals surface area contributed by atoms with Gasteiger partial charge in [0.05, 0.1) is 5.56 Å². The Hall–Kier alpha value is -1.91. The summed E-state index contributed by atoms with van der Waals surface area (Å²) in [6.07, 6.45) is 6.95. The Labute approximate surface area is 138 Å². The molecule has 1 N–H and O–H groups in total. The van der Waals surface area contributed by atoms with Crippen LogP contribution >= 0.6 is 0 Å². The Morgan fingerprint density at radius 3 is 2.57 bits per heavy atom. The van der Waals surface area contributed by atoms with Gasteiger partial charge in [-0.15, -0.1) is 0 Å². The smallest absolute Gasteiger partial charge is 0.255 e. The summed E-state index contributed by atoms with van der Waals surface area (Å²) in [5.74, 6) is 0.815. The molecule has 1 aliphatic heterocycles. The molecule has 0 bridgehead atoms. The molecule has 1 saturated heterocycles. The van der Waals surface area contributed by atoms with Gasteiger partial charge < -0.3 is 10.2 Å². The molecule has 2 amide bonds. The summed E-state index contributed by atoms with van der Waals surface area (Å²) < 4.78 is 0. The highest BCUT2D eigenvalue weighted by Crippen LogP contribution is 2.18. The molecular formula is C18H27N3O2. The van der Waals surface area contributed by atoms with Gasteiger partial charge in [-0.3, -0.25) is 14.6 Å². The van der Waals surface area contributed by atoms with Gasteiger partial charge in [0.2, 0.25) is 5.91 Å². The van der Waals surface area contributed by atoms with Crippen molar-refractivity contribution in [1.29, 1.82) is 0 Å². The third-order valence-corrected chi connectivity index (χ3v) is 4.73. The molecule has 5 nitrogen and oxygen atoms in total. The van der Waals surface area contributed by atoms with E-state index in [4.69, 9.17) is 0 Å². The fourth-order valence-electron chi connectivity index (χ4n) is 3.06. The standard InChI is InChI=1S/C18H27N3O2/c1-3-15(4-2)17(22)20-12-14-7-10-21(11-8-14)18(23)16-6-5-9-19-13-16/h5-6,9,13-15H,3-4,7-8,10-12H2,1-2H3,(H,20,22). The highest BCUT2D eigenvalue weighted by molar-refractivity contribution is 5.93. The number of rotatable bonds is 6. The van der Waals surface area contributed by atoms with Crippen molar-refractivity contribution in [3.8, 4) is 0 Å². The summed E-state index contributed by atoms with van der Waals surface area (Å²) in [5, 5.41) is 3.08. The molecule has 0 aromatic carbocycles. The molecule has 0 aliphatic carbocycles. The molecule has 1 aromatic rings. The average Bonchev–Trinajstić information content (AvgIpc) is 2.61. The van der Waals surface area contributed by atoms with E-state index in [1.54, 1.807) is 24.5 Å². The van der Waals surface area contributed by atoms with Crippen LogP contribution in [0.3, 0.4) is 0 Å². The minimum Gasteiger partial charge on any atom is -0.356 e. The van der Waals surface area contributed by atoms with Crippen molar-refractivity contribution in [3.63, 3.8) is 0 Å². The molecule has 2 rings (SSSR count). The van der Waals surface area contributed by atoms with E-state index >= 15 is 0 Å². The molecule has 0 atom stereocenters. The number of hydrogen-bond donors (Lipinski definition) is 1. The highest BCUT2D eigenvalue weighted by atomic mass is 16.2. The number of carbonyl (C=O) groups excluding carboxylic acids is 2. The number of pyridine rings is 1. The quantitative estimate of drug-likeness (QED) is 0.877. The lowest BCUT2D eigenvalue weighted by atomic mass is 9.95. The van der Waals surface area contributed by atoms with Crippen LogP contribution in [-0.4, -0.2) is 41.3 Å². The number of piperidine rings is 1. The van der Waals surface area contributed by atoms with E-state index in [0.29, 0.717) is 11.5 Å². The zero-order chi connectivity index (χ0) is 16.7. The summed E-state index contributed by atoms with van der Waals surface area (Å²) in [6, 6.07) is 3.59. The van der Waals surface area contributed by atoms with Crippen LogP contribution in [0.1, 0.15) is 49.9 Å². The topological polar surface area (TPSA) is 62.3 Å². The number of hydrogen-bond acceptors (Lipinski definition) is 3. The number of nitrogens with one attached hydrogen (secondary N) is 1. The fourth-order valence-corrected chi connectivity index (χ4v) is 3.06. The Kier molecular flexibility index (Phi) is 6.56. The van der Waals surface area contributed by atoms with Crippen molar-refractivity contribution >= 4 is 11.8 Å². The normalized spacial score (nSPS) is 15.7. The van der Waals surface area contributed by atoms with Crippen molar-refractivity contribution in [2.75, 3.05) is 19.6 Å². The van der Waals surface area contributed by atoms with Crippen LogP contribution < -0.4 is 5.32 Å². The van der Waals surface area contributed by atoms with Crippen LogP contribution in [0.25, 0.3) is 0 Å². The number of likely N-dealkylation sites (tertiary alicyclic amines) is 1. The maximum atomic E-state index is 12.4. The Morgan fingerprint density at radius 2 is 2.00 bits per heavy atom. The second-order valence-electron chi connectivity index (χ2n) is 6.24. The average molecular weight is 317 g/mol. The first-order chi connectivity index (χ1) is 11.2. The molecule has 1 aliphatic rings. The van der Waals surface area contributed by atoms with E-state index in [9.17, 15) is 9.59 Å². The van der Waals surface area contributed by atoms with Gasteiger partial charge >= 0.3 is 0 Å². The first-order valence-corrected chi connectivity index (χ1v) is 8.62. The maximum absolute atomic E-state index is 12.4. The van der Waals surface area contributed by atoms with Crippen molar-refractivity contribution < 1.29 is 9.59 Å². The molecule has 0 radical (unpaired) electrons. The van der Waals surface area contributed by atoms with Crippen LogP contribution in [-0.2, 0) is 4.79 Å². The predicted octanol–water partition coefficient (Wildman–Crippen LogP) is 2.49. The number of nitrogens with zero attached hydrogens (tertiary/aromatic N) is 2. The predicted molar refractivity (Wildman–Crippen MR) is 89.9 cm³/mol. The molecule has 23 heavy (non-hydrogen) atoms. The zero-order valence-corrected chi connectivity index (χ0v) is 14.1. The second kappa shape index (κ2) is 8.65. The first-order valence-electron chi connectivity index (χ1n) is 8.62. The molecule has 0 unspecified atom stereocenters. The number of amides is 2. The molecule has 0 saturated carbocycles. The molecule has 2 heterocycles. The Balaban J connectivity index is 1.76. The summed E-state index contributed by atoms with van der Waals surface area (Å²) in [5.41, 5.74) is 0.646. The molecule has 0 spiro atoms. The van der Waals surface area contributed by atoms with Crippen LogP contribution in [0, 0.1) is 11.8 Å². The summed E-state index contributed by atoms with van der Waals surface area (Å²) in [4.78, 5) is 30.3. The van der Waals surface area contributed by atoms with E-state index < -0.39 is 0 Å². The number of aromatic nitrogens is 1. The Morgan fingerprint density at radius 1 is 1.30 bits per heavy atom. The summed E-state index contributed by atoms with van der Waals surface area (Å²) in [6.45, 7) is 6.33. The van der Waals surface area contributed by atoms with E-state index in [1.165, 1.54) is 0 Å². The van der Waals surface area contributed by atoms with Crippen LogP contribution in [0.2, 0.25) is 0 Å². The minimum absolute atomic E-state index is 0.0533. The molecule has 5 heteroatoms. The van der Waals surface area contributed by atoms with Gasteiger partial charge in [-0.05, 0) is 43.7 Å². The van der Waals surface area contributed by atoms with Gasteiger partial charge in [0.15, 0.2) is 0 Å². The first kappa shape index (κ1) is 17.4. The Bertz CT molecular complexity index is 506. The van der Waals surface area contributed by atoms with E-state index in [2.05, 4.69) is 24.1 Å². The van der Waals surface area contributed by atoms with E-state index in [1.807, 2.05) is 4.90 Å². The monoisotopic (exact) mass is 317 g/mol. The van der Waals surface area contributed by atoms with Crippen LogP contribution in [0.4, 0.5) is 0 Å². The summed E-state index contributed by atoms with van der Waals surface area (Å²) in [7, 11) is 0. The molecule has 126 valence electrons. The number of carbonyl (C=O) groups is 2. The van der Waals surface area contributed by atoms with Crippen molar-refractivity contribution in [2.24, 2.45) is 11.8 Å². The SMILES string of the molecule is CCC(CC)C(=O)NCC1CCN(C(=O)c2cccnc2)CC1. The molecular weight excluding hydrogens is 290 g/mol. The van der Waals surface area contributed by atoms with Crippen LogP contribution in [0.5, 0.6) is 0 Å². The second-order valence-corrected chi connectivity index (χ2v) is 6.24. The molecule has 1 aromatic heterocycles. The van der Waals surface area contributed by atoms with Gasteiger partial charge in [-0.25, -0.2) is 0 Å². The lowest BCUT2D eigenvalue weighted by molar-refractivity contribution is -0.125. The van der Waals surface area contributed by atoms with Crippen molar-refractivity contribution in [3.05, 3.63) is 30.1 Å². The van der Waals surface area contributed by atoms with Crippen LogP contribution in [0.15, 0.2) is 24.5 Å². The van der Waals surface area contributed by atoms with Gasteiger partial charge in [0.1, 0.15) is 0 Å². The lowest BCUT2D eigenvalue weighted by Crippen LogP contribution is -2.42. The van der Waals surface area contributed by atoms with Crippen molar-refractivity contribution in [1.82, 2.24) is 15.2 Å². The lowest BCUT2D eigenvalue weighted by Gasteiger charge is -2.32. The van der Waals surface area contributed by atoms with E-state index in [-0.39, 0.29) is 17.7 Å². The largest absolute Gasteiger partial charge is 0.356 e. The van der Waals surface area contributed by atoms with Gasteiger partial charge in [0.25, 0.3) is 5.91 Å². The van der Waals surface area contributed by atoms with Gasteiger partial charge in [0, 0.05) is 37.9 Å². The van der Waals surface area contributed by atoms with Gasteiger partial charge in [-0.1, -0.05) is 13.8 Å². The highest BCUT2D eigenvalue weighted by Gasteiger charge is 2.24. The third kappa shape index (κ3) is 4.78. The summed E-state index contributed by atoms with van der Waals surface area (Å²) >= 11 is 0. The van der Waals surface area contributed by atoms with E-state index in [0.717, 1.165) is 45.3 Å². The van der Waals surface area contributed by atoms with Crippen molar-refractivity contribution in [2.45, 2.75) is 39.5 Å². The molecule has 1 fully saturated rings. The van der Waals surface area contributed by atoms with Gasteiger partial charge in [-0.2, -0.15) is 0 Å². The minimum atomic E-state index is 0.0533. The third-order valence-electron chi connectivity index (χ3n) is 4.73. The fraction of sp³-hybridized carbons (Fsp3) is 0.611.